The maximum atomic E-state index is 12.9. The van der Waals surface area contributed by atoms with Crippen molar-refractivity contribution in [2.24, 2.45) is 5.92 Å². The van der Waals surface area contributed by atoms with E-state index in [-0.39, 0.29) is 12.1 Å². The second-order valence-electron chi connectivity index (χ2n) is 8.02. The van der Waals surface area contributed by atoms with E-state index in [9.17, 15) is 4.79 Å². The number of rotatable bonds is 10. The number of nitrogens with zero attached hydrogens (tertiary/aromatic N) is 3. The third-order valence-electron chi connectivity index (χ3n) is 5.30. The Bertz CT molecular complexity index is 545. The Balaban J connectivity index is 1.83. The Morgan fingerprint density at radius 1 is 1.19 bits per heavy atom. The molecule has 1 atom stereocenters. The third-order valence-corrected chi connectivity index (χ3v) is 5.30. The van der Waals surface area contributed by atoms with Crippen molar-refractivity contribution in [1.82, 2.24) is 20.0 Å². The smallest absolute Gasteiger partial charge is 0.317 e. The van der Waals surface area contributed by atoms with Gasteiger partial charge in [-0.3, -0.25) is 4.90 Å². The Hall–Kier alpha value is -1.59. The molecule has 1 fully saturated rings. The van der Waals surface area contributed by atoms with Crippen LogP contribution in [0.2, 0.25) is 0 Å². The Morgan fingerprint density at radius 3 is 2.52 bits per heavy atom. The van der Waals surface area contributed by atoms with Gasteiger partial charge in [0.15, 0.2) is 0 Å². The number of nitrogens with one attached hydrogen (secondary N) is 1. The lowest BCUT2D eigenvalue weighted by molar-refractivity contribution is 0.174. The van der Waals surface area contributed by atoms with Gasteiger partial charge in [-0.05, 0) is 31.0 Å². The fraction of sp³-hybridized carbons (Fsp3) is 0.682. The number of hydrogen-bond acceptors (Lipinski definition) is 3. The number of carbonyl (C=O) groups is 1. The van der Waals surface area contributed by atoms with Crippen molar-refractivity contribution in [1.29, 1.82) is 0 Å². The fourth-order valence-electron chi connectivity index (χ4n) is 3.72. The first kappa shape index (κ1) is 21.7. The Morgan fingerprint density at radius 2 is 1.89 bits per heavy atom. The van der Waals surface area contributed by atoms with Crippen molar-refractivity contribution in [2.45, 2.75) is 46.7 Å². The first-order valence-corrected chi connectivity index (χ1v) is 10.6. The number of benzene rings is 1. The summed E-state index contributed by atoms with van der Waals surface area (Å²) in [7, 11) is 0. The third kappa shape index (κ3) is 7.51. The zero-order valence-electron chi connectivity index (χ0n) is 17.7. The molecule has 0 aliphatic carbocycles. The lowest BCUT2D eigenvalue weighted by Gasteiger charge is -2.29. The molecule has 0 spiro atoms. The van der Waals surface area contributed by atoms with Crippen molar-refractivity contribution in [3.8, 4) is 0 Å². The lowest BCUT2D eigenvalue weighted by Crippen LogP contribution is -2.49. The molecule has 5 nitrogen and oxygen atoms in total. The molecule has 0 saturated carbocycles. The topological polar surface area (TPSA) is 38.8 Å². The van der Waals surface area contributed by atoms with Crippen LogP contribution in [0.1, 0.15) is 39.7 Å². The molecule has 0 radical (unpaired) electrons. The van der Waals surface area contributed by atoms with Crippen LogP contribution in [0.5, 0.6) is 0 Å². The van der Waals surface area contributed by atoms with E-state index in [1.165, 1.54) is 5.56 Å². The van der Waals surface area contributed by atoms with E-state index < -0.39 is 0 Å². The van der Waals surface area contributed by atoms with E-state index in [1.807, 2.05) is 4.90 Å². The summed E-state index contributed by atoms with van der Waals surface area (Å²) in [6, 6.07) is 10.9. The molecule has 0 bridgehead atoms. The number of likely N-dealkylation sites (tertiary alicyclic amines) is 1. The van der Waals surface area contributed by atoms with Gasteiger partial charge in [-0.1, -0.05) is 58.0 Å². The summed E-state index contributed by atoms with van der Waals surface area (Å²) < 4.78 is 0. The highest BCUT2D eigenvalue weighted by Crippen LogP contribution is 2.14. The summed E-state index contributed by atoms with van der Waals surface area (Å²) in [5, 5.41) is 3.29. The van der Waals surface area contributed by atoms with Crippen LogP contribution in [0.3, 0.4) is 0 Å². The molecule has 1 N–H and O–H groups in total. The van der Waals surface area contributed by atoms with Gasteiger partial charge < -0.3 is 15.1 Å². The minimum atomic E-state index is 0.0995. The van der Waals surface area contributed by atoms with E-state index in [0.29, 0.717) is 5.92 Å². The largest absolute Gasteiger partial charge is 0.334 e. The molecule has 1 unspecified atom stereocenters. The van der Waals surface area contributed by atoms with E-state index in [4.69, 9.17) is 0 Å². The van der Waals surface area contributed by atoms with Crippen LogP contribution in [-0.2, 0) is 6.54 Å². The van der Waals surface area contributed by atoms with Gasteiger partial charge in [0, 0.05) is 45.3 Å². The predicted molar refractivity (Wildman–Crippen MR) is 113 cm³/mol. The van der Waals surface area contributed by atoms with Crippen molar-refractivity contribution in [2.75, 3.05) is 45.8 Å². The summed E-state index contributed by atoms with van der Waals surface area (Å²) in [5.41, 5.74) is 1.34. The summed E-state index contributed by atoms with van der Waals surface area (Å²) >= 11 is 0. The minimum absolute atomic E-state index is 0.0995. The number of amides is 2. The van der Waals surface area contributed by atoms with Gasteiger partial charge in [-0.2, -0.15) is 0 Å². The van der Waals surface area contributed by atoms with Gasteiger partial charge in [0.1, 0.15) is 0 Å². The van der Waals surface area contributed by atoms with Crippen molar-refractivity contribution in [3.05, 3.63) is 35.9 Å². The Labute approximate surface area is 165 Å². The molecular weight excluding hydrogens is 336 g/mol. The maximum Gasteiger partial charge on any atom is 0.317 e. The molecule has 1 saturated heterocycles. The number of likely N-dealkylation sites (N-methyl/N-ethyl adjacent to an activating group) is 1. The molecule has 27 heavy (non-hydrogen) atoms. The quantitative estimate of drug-likeness (QED) is 0.683. The number of urea groups is 1. The van der Waals surface area contributed by atoms with Gasteiger partial charge in [0.05, 0.1) is 0 Å². The van der Waals surface area contributed by atoms with Crippen LogP contribution < -0.4 is 5.32 Å². The monoisotopic (exact) mass is 374 g/mol. The second kappa shape index (κ2) is 11.3. The summed E-state index contributed by atoms with van der Waals surface area (Å²) in [6.45, 7) is 16.3. The molecule has 1 aliphatic rings. The molecule has 2 rings (SSSR count). The minimum Gasteiger partial charge on any atom is -0.334 e. The highest BCUT2D eigenvalue weighted by molar-refractivity contribution is 5.74. The van der Waals surface area contributed by atoms with Crippen molar-refractivity contribution < 1.29 is 4.79 Å². The normalized spacial score (nSPS) is 17.6. The predicted octanol–water partition coefficient (Wildman–Crippen LogP) is 3.27. The van der Waals surface area contributed by atoms with E-state index in [1.54, 1.807) is 0 Å². The molecule has 1 aromatic carbocycles. The zero-order valence-corrected chi connectivity index (χ0v) is 17.7. The SMILES string of the molecule is CCN(CC)CCN(CC(C)C)C(=O)NC1CCN(Cc2ccccc2)C1. The van der Waals surface area contributed by atoms with Crippen LogP contribution in [0.4, 0.5) is 4.79 Å². The average Bonchev–Trinajstić information content (AvgIpc) is 3.08. The van der Waals surface area contributed by atoms with E-state index in [0.717, 1.165) is 58.8 Å². The van der Waals surface area contributed by atoms with Gasteiger partial charge >= 0.3 is 6.03 Å². The Kier molecular flexibility index (Phi) is 9.08. The van der Waals surface area contributed by atoms with E-state index >= 15 is 0 Å². The fourth-order valence-corrected chi connectivity index (χ4v) is 3.72. The van der Waals surface area contributed by atoms with Crippen LogP contribution in [0, 0.1) is 5.92 Å². The van der Waals surface area contributed by atoms with Gasteiger partial charge in [-0.25, -0.2) is 4.79 Å². The zero-order chi connectivity index (χ0) is 19.6. The molecule has 2 amide bonds. The highest BCUT2D eigenvalue weighted by Gasteiger charge is 2.26. The average molecular weight is 375 g/mol. The molecule has 1 aromatic rings. The van der Waals surface area contributed by atoms with Gasteiger partial charge in [0.2, 0.25) is 0 Å². The molecule has 152 valence electrons. The maximum absolute atomic E-state index is 12.9. The molecule has 5 heteroatoms. The number of hydrogen-bond donors (Lipinski definition) is 1. The van der Waals surface area contributed by atoms with Crippen molar-refractivity contribution in [3.63, 3.8) is 0 Å². The standard InChI is InChI=1S/C22H38N4O/c1-5-24(6-2)14-15-26(16-19(3)4)22(27)23-21-12-13-25(18-21)17-20-10-8-7-9-11-20/h7-11,19,21H,5-6,12-18H2,1-4H3,(H,23,27). The van der Waals surface area contributed by atoms with Gasteiger partial charge in [-0.15, -0.1) is 0 Å². The molecule has 1 heterocycles. The first-order valence-electron chi connectivity index (χ1n) is 10.6. The van der Waals surface area contributed by atoms with Crippen LogP contribution in [0.25, 0.3) is 0 Å². The first-order chi connectivity index (χ1) is 13.0. The lowest BCUT2D eigenvalue weighted by atomic mass is 10.2. The van der Waals surface area contributed by atoms with Crippen molar-refractivity contribution >= 4 is 6.03 Å². The van der Waals surface area contributed by atoms with E-state index in [2.05, 4.69) is 73.1 Å². The van der Waals surface area contributed by atoms with Crippen LogP contribution in [-0.4, -0.2) is 72.6 Å². The second-order valence-corrected chi connectivity index (χ2v) is 8.02. The summed E-state index contributed by atoms with van der Waals surface area (Å²) in [4.78, 5) is 19.7. The molecule has 1 aliphatic heterocycles. The number of carbonyl (C=O) groups excluding carboxylic acids is 1. The van der Waals surface area contributed by atoms with Crippen LogP contribution >= 0.6 is 0 Å². The molecule has 0 aromatic heterocycles. The van der Waals surface area contributed by atoms with Gasteiger partial charge in [0.25, 0.3) is 0 Å². The van der Waals surface area contributed by atoms with Crippen LogP contribution in [0.15, 0.2) is 30.3 Å². The molecular formula is C22H38N4O. The summed E-state index contributed by atoms with van der Waals surface area (Å²) in [5.74, 6) is 0.477. The highest BCUT2D eigenvalue weighted by atomic mass is 16.2. The summed E-state index contributed by atoms with van der Waals surface area (Å²) in [6.07, 6.45) is 1.03.